The van der Waals surface area contributed by atoms with Crippen molar-refractivity contribution in [2.45, 2.75) is 40.5 Å². The standard InChI is InChI=1S/C11H15NS.C2H6/c1-3-9(8-4-5-8)10-6-11(12)13-7(10)2;1-2/h3,6,8H,4-5,12H2,1-2H3;1-2H3/b9-3-;. The molecule has 1 aromatic rings. The molecule has 0 bridgehead atoms. The third-order valence-corrected chi connectivity index (χ3v) is 3.46. The quantitative estimate of drug-likeness (QED) is 0.786. The molecule has 1 heterocycles. The molecular formula is C13H21NS. The lowest BCUT2D eigenvalue weighted by atomic mass is 10.0. The maximum Gasteiger partial charge on any atom is 0.0865 e. The lowest BCUT2D eigenvalue weighted by molar-refractivity contribution is 1.14. The minimum atomic E-state index is 0.817. The highest BCUT2D eigenvalue weighted by atomic mass is 32.1. The van der Waals surface area contributed by atoms with Crippen molar-refractivity contribution < 1.29 is 0 Å². The minimum absolute atomic E-state index is 0.817. The van der Waals surface area contributed by atoms with Crippen LogP contribution in [-0.4, -0.2) is 0 Å². The van der Waals surface area contributed by atoms with E-state index in [-0.39, 0.29) is 0 Å². The predicted molar refractivity (Wildman–Crippen MR) is 71.2 cm³/mol. The number of aryl methyl sites for hydroxylation is 1. The van der Waals surface area contributed by atoms with E-state index in [4.69, 9.17) is 5.73 Å². The van der Waals surface area contributed by atoms with Crippen molar-refractivity contribution in [1.29, 1.82) is 0 Å². The molecule has 2 heteroatoms. The Morgan fingerprint density at radius 2 is 2.07 bits per heavy atom. The topological polar surface area (TPSA) is 26.0 Å². The Morgan fingerprint density at radius 1 is 1.47 bits per heavy atom. The van der Waals surface area contributed by atoms with E-state index in [9.17, 15) is 0 Å². The Balaban J connectivity index is 0.000000531. The lowest BCUT2D eigenvalue weighted by Gasteiger charge is -2.03. The van der Waals surface area contributed by atoms with Crippen molar-refractivity contribution in [3.8, 4) is 0 Å². The number of thiophene rings is 1. The van der Waals surface area contributed by atoms with Crippen molar-refractivity contribution in [2.75, 3.05) is 5.73 Å². The fraction of sp³-hybridized carbons (Fsp3) is 0.538. The van der Waals surface area contributed by atoms with Gasteiger partial charge in [-0.25, -0.2) is 0 Å². The van der Waals surface area contributed by atoms with Gasteiger partial charge in [-0.3, -0.25) is 0 Å². The SMILES string of the molecule is C/C=C(\c1cc(N)sc1C)C1CC1.CC. The Kier molecular flexibility index (Phi) is 4.40. The summed E-state index contributed by atoms with van der Waals surface area (Å²) in [4.78, 5) is 1.36. The monoisotopic (exact) mass is 223 g/mol. The smallest absolute Gasteiger partial charge is 0.0865 e. The van der Waals surface area contributed by atoms with Crippen molar-refractivity contribution in [1.82, 2.24) is 0 Å². The van der Waals surface area contributed by atoms with Crippen molar-refractivity contribution >= 4 is 21.9 Å². The predicted octanol–water partition coefficient (Wildman–Crippen LogP) is 4.48. The molecule has 84 valence electrons. The Hall–Kier alpha value is -0.760. The first-order chi connectivity index (χ1) is 7.22. The molecule has 2 rings (SSSR count). The van der Waals surface area contributed by atoms with Gasteiger partial charge in [-0.05, 0) is 49.8 Å². The maximum atomic E-state index is 5.78. The molecule has 15 heavy (non-hydrogen) atoms. The summed E-state index contributed by atoms with van der Waals surface area (Å²) >= 11 is 1.70. The zero-order valence-electron chi connectivity index (χ0n) is 10.1. The third-order valence-electron chi connectivity index (χ3n) is 2.58. The van der Waals surface area contributed by atoms with Gasteiger partial charge in [-0.2, -0.15) is 0 Å². The van der Waals surface area contributed by atoms with E-state index in [0.29, 0.717) is 0 Å². The summed E-state index contributed by atoms with van der Waals surface area (Å²) in [5.74, 6) is 0.817. The second-order valence-corrected chi connectivity index (χ2v) is 4.92. The van der Waals surface area contributed by atoms with Crippen LogP contribution in [-0.2, 0) is 0 Å². The van der Waals surface area contributed by atoms with Crippen LogP contribution in [0.15, 0.2) is 12.1 Å². The zero-order chi connectivity index (χ0) is 11.4. The molecule has 0 spiro atoms. The second kappa shape index (κ2) is 5.36. The van der Waals surface area contributed by atoms with Crippen molar-refractivity contribution in [3.05, 3.63) is 22.6 Å². The molecule has 1 nitrogen and oxygen atoms in total. The van der Waals surface area contributed by atoms with Gasteiger partial charge in [0.05, 0.1) is 5.00 Å². The Bertz CT molecular complexity index is 345. The number of nitrogen functional groups attached to an aromatic ring is 1. The minimum Gasteiger partial charge on any atom is -0.391 e. The van der Waals surface area contributed by atoms with Gasteiger partial charge in [0.15, 0.2) is 0 Å². The van der Waals surface area contributed by atoms with E-state index in [1.54, 1.807) is 11.3 Å². The van der Waals surface area contributed by atoms with Crippen LogP contribution in [0.25, 0.3) is 5.57 Å². The molecule has 1 aliphatic rings. The highest BCUT2D eigenvalue weighted by Gasteiger charge is 2.27. The van der Waals surface area contributed by atoms with E-state index >= 15 is 0 Å². The molecule has 1 aromatic heterocycles. The molecule has 1 aliphatic carbocycles. The van der Waals surface area contributed by atoms with Crippen LogP contribution in [0.2, 0.25) is 0 Å². The second-order valence-electron chi connectivity index (χ2n) is 3.64. The van der Waals surface area contributed by atoms with Crippen LogP contribution in [0.5, 0.6) is 0 Å². The molecule has 0 aromatic carbocycles. The number of hydrogen-bond donors (Lipinski definition) is 1. The van der Waals surface area contributed by atoms with E-state index in [1.807, 2.05) is 13.8 Å². The molecule has 2 N–H and O–H groups in total. The van der Waals surface area contributed by atoms with Gasteiger partial charge in [-0.15, -0.1) is 11.3 Å². The lowest BCUT2D eigenvalue weighted by Crippen LogP contribution is -1.85. The van der Waals surface area contributed by atoms with Crippen LogP contribution in [0, 0.1) is 12.8 Å². The first-order valence-electron chi connectivity index (χ1n) is 5.75. The fourth-order valence-electron chi connectivity index (χ4n) is 1.80. The number of allylic oxidation sites excluding steroid dienone is 2. The molecule has 0 atom stereocenters. The van der Waals surface area contributed by atoms with Crippen LogP contribution >= 0.6 is 11.3 Å². The molecule has 0 aliphatic heterocycles. The molecule has 0 unspecified atom stereocenters. The average molecular weight is 223 g/mol. The van der Waals surface area contributed by atoms with Gasteiger partial charge >= 0.3 is 0 Å². The van der Waals surface area contributed by atoms with Gasteiger partial charge in [0.1, 0.15) is 0 Å². The molecule has 0 amide bonds. The third kappa shape index (κ3) is 2.85. The summed E-state index contributed by atoms with van der Waals surface area (Å²) in [5, 5.41) is 0.938. The van der Waals surface area contributed by atoms with E-state index in [2.05, 4.69) is 26.0 Å². The molecule has 0 saturated heterocycles. The maximum absolute atomic E-state index is 5.78. The Labute approximate surface area is 97.0 Å². The van der Waals surface area contributed by atoms with Gasteiger partial charge < -0.3 is 5.73 Å². The van der Waals surface area contributed by atoms with Crippen molar-refractivity contribution in [3.63, 3.8) is 0 Å². The number of hydrogen-bond acceptors (Lipinski definition) is 2. The first-order valence-corrected chi connectivity index (χ1v) is 6.56. The highest BCUT2D eigenvalue weighted by Crippen LogP contribution is 2.44. The van der Waals surface area contributed by atoms with Crippen LogP contribution in [0.3, 0.4) is 0 Å². The molecule has 1 saturated carbocycles. The summed E-state index contributed by atoms with van der Waals surface area (Å²) in [5.41, 5.74) is 8.67. The molecule has 1 fully saturated rings. The average Bonchev–Trinajstić information content (AvgIpc) is 2.99. The highest BCUT2D eigenvalue weighted by molar-refractivity contribution is 7.16. The summed E-state index contributed by atoms with van der Waals surface area (Å²) in [6, 6.07) is 2.12. The van der Waals surface area contributed by atoms with Gasteiger partial charge in [-0.1, -0.05) is 19.9 Å². The largest absolute Gasteiger partial charge is 0.391 e. The molecule has 0 radical (unpaired) electrons. The normalized spacial score (nSPS) is 15.9. The number of anilines is 1. The number of rotatable bonds is 2. The summed E-state index contributed by atoms with van der Waals surface area (Å²) < 4.78 is 0. The summed E-state index contributed by atoms with van der Waals surface area (Å²) in [7, 11) is 0. The van der Waals surface area contributed by atoms with E-state index in [0.717, 1.165) is 10.9 Å². The first kappa shape index (κ1) is 12.3. The van der Waals surface area contributed by atoms with Crippen molar-refractivity contribution in [2.24, 2.45) is 5.92 Å². The Morgan fingerprint density at radius 3 is 2.40 bits per heavy atom. The van der Waals surface area contributed by atoms with E-state index in [1.165, 1.54) is 28.9 Å². The van der Waals surface area contributed by atoms with Gasteiger partial charge in [0.25, 0.3) is 0 Å². The molecular weight excluding hydrogens is 202 g/mol. The van der Waals surface area contributed by atoms with Crippen LogP contribution in [0.1, 0.15) is 44.1 Å². The van der Waals surface area contributed by atoms with Gasteiger partial charge in [0, 0.05) is 4.88 Å². The van der Waals surface area contributed by atoms with Crippen LogP contribution < -0.4 is 5.73 Å². The zero-order valence-corrected chi connectivity index (χ0v) is 10.9. The fourth-order valence-corrected chi connectivity index (χ4v) is 2.61. The van der Waals surface area contributed by atoms with Gasteiger partial charge in [0.2, 0.25) is 0 Å². The van der Waals surface area contributed by atoms with E-state index < -0.39 is 0 Å². The number of nitrogens with two attached hydrogens (primary N) is 1. The van der Waals surface area contributed by atoms with Crippen LogP contribution in [0.4, 0.5) is 5.00 Å². The summed E-state index contributed by atoms with van der Waals surface area (Å²) in [6.07, 6.45) is 4.95. The summed E-state index contributed by atoms with van der Waals surface area (Å²) in [6.45, 7) is 8.28.